The highest BCUT2D eigenvalue weighted by atomic mass is 19.2. The number of rotatable bonds is 2. The monoisotopic (exact) mass is 241 g/mol. The minimum absolute atomic E-state index is 0.0589. The van der Waals surface area contributed by atoms with Crippen molar-refractivity contribution in [2.24, 2.45) is 0 Å². The van der Waals surface area contributed by atoms with E-state index in [4.69, 9.17) is 0 Å². The second-order valence-electron chi connectivity index (χ2n) is 3.91. The molecule has 0 saturated heterocycles. The first kappa shape index (κ1) is 11.7. The molecule has 5 heteroatoms. The number of aromatic nitrogens is 1. The molecule has 1 unspecified atom stereocenters. The van der Waals surface area contributed by atoms with E-state index in [1.807, 2.05) is 0 Å². The van der Waals surface area contributed by atoms with Crippen molar-refractivity contribution in [1.82, 2.24) is 4.98 Å². The molecule has 0 amide bonds. The fourth-order valence-electron chi connectivity index (χ4n) is 1.63. The Bertz CT molecular complexity index is 512. The fraction of sp³-hybridized carbons (Fsp3) is 0.167. The number of halogens is 3. The summed E-state index contributed by atoms with van der Waals surface area (Å²) in [4.78, 5) is 2.74. The van der Waals surface area contributed by atoms with E-state index in [2.05, 4.69) is 4.98 Å². The second kappa shape index (κ2) is 3.92. The molecular formula is C12H10F3NO. The van der Waals surface area contributed by atoms with Crippen LogP contribution in [0.2, 0.25) is 0 Å². The summed E-state index contributed by atoms with van der Waals surface area (Å²) < 4.78 is 39.0. The third kappa shape index (κ3) is 1.93. The molecule has 17 heavy (non-hydrogen) atoms. The Balaban J connectivity index is 2.54. The molecule has 1 aromatic heterocycles. The molecule has 0 spiro atoms. The van der Waals surface area contributed by atoms with Crippen LogP contribution in [-0.4, -0.2) is 10.1 Å². The van der Waals surface area contributed by atoms with Crippen LogP contribution in [0.15, 0.2) is 30.5 Å². The Labute approximate surface area is 95.7 Å². The zero-order valence-electron chi connectivity index (χ0n) is 8.97. The van der Waals surface area contributed by atoms with E-state index < -0.39 is 23.1 Å². The van der Waals surface area contributed by atoms with Crippen molar-refractivity contribution in [1.29, 1.82) is 0 Å². The van der Waals surface area contributed by atoms with Crippen molar-refractivity contribution in [3.63, 3.8) is 0 Å². The lowest BCUT2D eigenvalue weighted by Crippen LogP contribution is -2.24. The molecule has 0 fully saturated rings. The zero-order valence-corrected chi connectivity index (χ0v) is 8.97. The number of aromatic amines is 1. The molecule has 1 atom stereocenters. The van der Waals surface area contributed by atoms with Gasteiger partial charge in [-0.1, -0.05) is 0 Å². The lowest BCUT2D eigenvalue weighted by atomic mass is 9.92. The Hall–Kier alpha value is -1.75. The van der Waals surface area contributed by atoms with Gasteiger partial charge in [0.1, 0.15) is 5.60 Å². The first-order valence-electron chi connectivity index (χ1n) is 4.94. The van der Waals surface area contributed by atoms with E-state index in [1.54, 1.807) is 18.3 Å². The minimum Gasteiger partial charge on any atom is -0.379 e. The van der Waals surface area contributed by atoms with Gasteiger partial charge in [0, 0.05) is 6.20 Å². The molecule has 2 rings (SSSR count). The van der Waals surface area contributed by atoms with E-state index in [0.717, 1.165) is 12.1 Å². The van der Waals surface area contributed by atoms with Crippen LogP contribution in [0.5, 0.6) is 0 Å². The highest BCUT2D eigenvalue weighted by Crippen LogP contribution is 2.29. The predicted octanol–water partition coefficient (Wildman–Crippen LogP) is 2.69. The van der Waals surface area contributed by atoms with Crippen LogP contribution in [0.3, 0.4) is 0 Å². The summed E-state index contributed by atoms with van der Waals surface area (Å²) in [5.41, 5.74) is -1.31. The minimum atomic E-state index is -1.61. The maximum Gasteiger partial charge on any atom is 0.194 e. The lowest BCUT2D eigenvalue weighted by Gasteiger charge is -2.23. The fourth-order valence-corrected chi connectivity index (χ4v) is 1.63. The van der Waals surface area contributed by atoms with Crippen LogP contribution >= 0.6 is 0 Å². The standard InChI is InChI=1S/C12H10F3NO/c1-12(17,10-3-2-4-16-10)7-5-8(13)11(15)9(14)6-7/h2-6,16-17H,1H3. The number of aliphatic hydroxyl groups is 1. The predicted molar refractivity (Wildman–Crippen MR) is 55.8 cm³/mol. The third-order valence-electron chi connectivity index (χ3n) is 2.67. The highest BCUT2D eigenvalue weighted by Gasteiger charge is 2.29. The van der Waals surface area contributed by atoms with Crippen molar-refractivity contribution >= 4 is 0 Å². The van der Waals surface area contributed by atoms with Crippen LogP contribution in [0.25, 0.3) is 0 Å². The maximum absolute atomic E-state index is 13.1. The van der Waals surface area contributed by atoms with Crippen LogP contribution in [-0.2, 0) is 5.60 Å². The largest absolute Gasteiger partial charge is 0.379 e. The Morgan fingerprint density at radius 1 is 1.18 bits per heavy atom. The van der Waals surface area contributed by atoms with Crippen molar-refractivity contribution in [2.75, 3.05) is 0 Å². The van der Waals surface area contributed by atoms with Gasteiger partial charge in [0.15, 0.2) is 17.5 Å². The Kier molecular flexibility index (Phi) is 2.71. The number of benzene rings is 1. The summed E-state index contributed by atoms with van der Waals surface area (Å²) in [7, 11) is 0. The summed E-state index contributed by atoms with van der Waals surface area (Å²) in [6.07, 6.45) is 1.57. The summed E-state index contributed by atoms with van der Waals surface area (Å²) in [5.74, 6) is -4.20. The maximum atomic E-state index is 13.1. The molecule has 2 N–H and O–H groups in total. The van der Waals surface area contributed by atoms with Gasteiger partial charge in [-0.25, -0.2) is 13.2 Å². The van der Waals surface area contributed by atoms with Crippen molar-refractivity contribution in [3.05, 3.63) is 59.2 Å². The number of hydrogen-bond acceptors (Lipinski definition) is 1. The molecule has 2 nitrogen and oxygen atoms in total. The topological polar surface area (TPSA) is 36.0 Å². The zero-order chi connectivity index (χ0) is 12.6. The number of H-pyrrole nitrogens is 1. The van der Waals surface area contributed by atoms with E-state index >= 15 is 0 Å². The quantitative estimate of drug-likeness (QED) is 0.779. The normalized spacial score (nSPS) is 14.6. The molecule has 0 bridgehead atoms. The Morgan fingerprint density at radius 3 is 2.24 bits per heavy atom. The van der Waals surface area contributed by atoms with Gasteiger partial charge in [0.05, 0.1) is 5.69 Å². The van der Waals surface area contributed by atoms with Crippen molar-refractivity contribution < 1.29 is 18.3 Å². The van der Waals surface area contributed by atoms with Gasteiger partial charge in [0.2, 0.25) is 0 Å². The smallest absolute Gasteiger partial charge is 0.194 e. The van der Waals surface area contributed by atoms with Gasteiger partial charge in [-0.15, -0.1) is 0 Å². The molecular weight excluding hydrogens is 231 g/mol. The molecule has 1 aromatic carbocycles. The van der Waals surface area contributed by atoms with Gasteiger partial charge in [-0.2, -0.15) is 0 Å². The summed E-state index contributed by atoms with van der Waals surface area (Å²) in [5, 5.41) is 10.2. The van der Waals surface area contributed by atoms with Gasteiger partial charge < -0.3 is 10.1 Å². The van der Waals surface area contributed by atoms with Crippen LogP contribution in [0, 0.1) is 17.5 Å². The lowest BCUT2D eigenvalue weighted by molar-refractivity contribution is 0.0969. The van der Waals surface area contributed by atoms with E-state index in [9.17, 15) is 18.3 Å². The van der Waals surface area contributed by atoms with Gasteiger partial charge in [0.25, 0.3) is 0 Å². The van der Waals surface area contributed by atoms with Crippen molar-refractivity contribution in [3.8, 4) is 0 Å². The van der Waals surface area contributed by atoms with Crippen LogP contribution in [0.4, 0.5) is 13.2 Å². The molecule has 0 aliphatic rings. The average Bonchev–Trinajstić information content (AvgIpc) is 2.79. The van der Waals surface area contributed by atoms with Crippen molar-refractivity contribution in [2.45, 2.75) is 12.5 Å². The first-order chi connectivity index (χ1) is 7.93. The van der Waals surface area contributed by atoms with Crippen LogP contribution < -0.4 is 0 Å². The molecule has 0 saturated carbocycles. The van der Waals surface area contributed by atoms with Crippen LogP contribution in [0.1, 0.15) is 18.2 Å². The summed E-state index contributed by atoms with van der Waals surface area (Å²) in [6.45, 7) is 1.37. The third-order valence-corrected chi connectivity index (χ3v) is 2.67. The molecule has 1 heterocycles. The van der Waals surface area contributed by atoms with Gasteiger partial charge >= 0.3 is 0 Å². The molecule has 0 aliphatic carbocycles. The number of nitrogens with one attached hydrogen (secondary N) is 1. The Morgan fingerprint density at radius 2 is 1.76 bits per heavy atom. The summed E-state index contributed by atoms with van der Waals surface area (Å²) >= 11 is 0. The van der Waals surface area contributed by atoms with E-state index in [1.165, 1.54) is 6.92 Å². The highest BCUT2D eigenvalue weighted by molar-refractivity contribution is 5.32. The first-order valence-corrected chi connectivity index (χ1v) is 4.94. The van der Waals surface area contributed by atoms with Gasteiger partial charge in [-0.3, -0.25) is 0 Å². The SMILES string of the molecule is CC(O)(c1cc(F)c(F)c(F)c1)c1ccc[nH]1. The molecule has 2 aromatic rings. The average molecular weight is 241 g/mol. The second-order valence-corrected chi connectivity index (χ2v) is 3.91. The van der Waals surface area contributed by atoms with E-state index in [0.29, 0.717) is 5.69 Å². The van der Waals surface area contributed by atoms with Gasteiger partial charge in [-0.05, 0) is 36.8 Å². The van der Waals surface area contributed by atoms with E-state index in [-0.39, 0.29) is 5.56 Å². The number of hydrogen-bond donors (Lipinski definition) is 2. The molecule has 90 valence electrons. The molecule has 0 aliphatic heterocycles. The molecule has 0 radical (unpaired) electrons. The summed E-state index contributed by atoms with van der Waals surface area (Å²) in [6, 6.07) is 4.76.